The Bertz CT molecular complexity index is 1110. The van der Waals surface area contributed by atoms with Crippen LogP contribution in [0.5, 0.6) is 0 Å². The molecule has 0 radical (unpaired) electrons. The van der Waals surface area contributed by atoms with Crippen LogP contribution in [0.1, 0.15) is 75.3 Å². The van der Waals surface area contributed by atoms with Crippen molar-refractivity contribution in [3.8, 4) is 0 Å². The molecule has 1 aromatic carbocycles. The molecule has 1 aromatic heterocycles. The van der Waals surface area contributed by atoms with Crippen LogP contribution in [0.4, 0.5) is 26.3 Å². The van der Waals surface area contributed by atoms with Crippen LogP contribution in [-0.2, 0) is 9.59 Å². The molecule has 2 fully saturated rings. The molecule has 12 heteroatoms. The number of hydrogen-bond donors (Lipinski definition) is 3. The molecule has 0 aliphatic heterocycles. The van der Waals surface area contributed by atoms with E-state index in [4.69, 9.17) is 0 Å². The molecule has 2 aromatic rings. The molecule has 36 heavy (non-hydrogen) atoms. The minimum absolute atomic E-state index is 0.136. The number of carbonyl (C=O) groups excluding carboxylic acids is 2. The Hall–Kier alpha value is -2.79. The Morgan fingerprint density at radius 3 is 2.47 bits per heavy atom. The van der Waals surface area contributed by atoms with Crippen LogP contribution in [0.15, 0.2) is 18.2 Å². The van der Waals surface area contributed by atoms with Gasteiger partial charge in [-0.3, -0.25) is 9.59 Å². The summed E-state index contributed by atoms with van der Waals surface area (Å²) >= 11 is 0. The van der Waals surface area contributed by atoms with Crippen molar-refractivity contribution in [3.05, 3.63) is 29.6 Å². The van der Waals surface area contributed by atoms with Gasteiger partial charge in [-0.1, -0.05) is 6.07 Å². The number of hydrogen-bond acceptors (Lipinski definition) is 3. The number of alkyl halides is 6. The zero-order valence-electron chi connectivity index (χ0n) is 19.6. The first-order valence-corrected chi connectivity index (χ1v) is 12.0. The lowest BCUT2D eigenvalue weighted by Gasteiger charge is -2.33. The second-order valence-corrected chi connectivity index (χ2v) is 9.84. The van der Waals surface area contributed by atoms with Gasteiger partial charge >= 0.3 is 6.18 Å². The highest BCUT2D eigenvalue weighted by Gasteiger charge is 2.46. The maximum atomic E-state index is 13.7. The van der Waals surface area contributed by atoms with E-state index in [2.05, 4.69) is 20.6 Å². The fourth-order valence-electron chi connectivity index (χ4n) is 4.62. The lowest BCUT2D eigenvalue weighted by atomic mass is 9.81. The van der Waals surface area contributed by atoms with Crippen molar-refractivity contribution in [1.29, 1.82) is 0 Å². The highest BCUT2D eigenvalue weighted by molar-refractivity contribution is 5.83. The first kappa shape index (κ1) is 26.3. The van der Waals surface area contributed by atoms with E-state index in [-0.39, 0.29) is 38.0 Å². The summed E-state index contributed by atoms with van der Waals surface area (Å²) < 4.78 is 78.0. The van der Waals surface area contributed by atoms with Crippen molar-refractivity contribution < 1.29 is 35.9 Å². The van der Waals surface area contributed by atoms with Crippen LogP contribution in [0, 0.1) is 11.8 Å². The van der Waals surface area contributed by atoms with Crippen LogP contribution in [0.3, 0.4) is 0 Å². The van der Waals surface area contributed by atoms with Gasteiger partial charge in [0.25, 0.3) is 0 Å². The van der Waals surface area contributed by atoms with E-state index in [9.17, 15) is 35.9 Å². The maximum Gasteiger partial charge on any atom is 0.389 e. The monoisotopic (exact) mass is 518 g/mol. The molecule has 6 nitrogen and oxygen atoms in total. The fourth-order valence-corrected chi connectivity index (χ4v) is 4.62. The van der Waals surface area contributed by atoms with Gasteiger partial charge in [0, 0.05) is 19.3 Å². The van der Waals surface area contributed by atoms with E-state index in [0.29, 0.717) is 22.4 Å². The minimum Gasteiger partial charge on any atom is -0.350 e. The molecular weight excluding hydrogens is 490 g/mol. The Labute approximate surface area is 203 Å². The number of aromatic amines is 1. The number of nitrogens with one attached hydrogen (secondary N) is 3. The van der Waals surface area contributed by atoms with Gasteiger partial charge in [0.05, 0.1) is 35.5 Å². The summed E-state index contributed by atoms with van der Waals surface area (Å²) in [5, 5.41) is 5.34. The van der Waals surface area contributed by atoms with Crippen molar-refractivity contribution >= 4 is 22.8 Å². The quantitative estimate of drug-likeness (QED) is 0.408. The van der Waals surface area contributed by atoms with E-state index in [1.807, 2.05) is 0 Å². The Morgan fingerprint density at radius 2 is 1.86 bits per heavy atom. The van der Waals surface area contributed by atoms with Crippen molar-refractivity contribution in [2.45, 2.75) is 82.2 Å². The number of imidazole rings is 1. The second kappa shape index (κ2) is 9.93. The van der Waals surface area contributed by atoms with Gasteiger partial charge in [-0.15, -0.1) is 0 Å². The van der Waals surface area contributed by atoms with Gasteiger partial charge in [-0.05, 0) is 49.8 Å². The molecule has 2 aliphatic carbocycles. The summed E-state index contributed by atoms with van der Waals surface area (Å²) in [5.41, 5.74) is 1.70. The van der Waals surface area contributed by atoms with E-state index >= 15 is 0 Å². The molecule has 198 valence electrons. The number of rotatable bonds is 8. The standard InChI is InChI=1S/C24H28F6N4O2/c1-12(31-19(35)6-9-24(28,29)30)14-2-3-17-18(10-14)33-21(32-17)20(34-22(36)15-11-16(15)25)13-4-7-23(26,27)8-5-13/h2-3,10,12-13,15-16,20H,4-9,11H2,1H3,(H,31,35)(H,32,33)(H,34,36)/t12-,15-,16-,20+/m1/s1. The van der Waals surface area contributed by atoms with Gasteiger partial charge in [0.2, 0.25) is 17.7 Å². The van der Waals surface area contributed by atoms with Gasteiger partial charge in [-0.25, -0.2) is 18.2 Å². The number of benzene rings is 1. The minimum atomic E-state index is -4.42. The van der Waals surface area contributed by atoms with Gasteiger partial charge in [-0.2, -0.15) is 13.2 Å². The maximum absolute atomic E-state index is 13.7. The average molecular weight is 519 g/mol. The molecule has 2 amide bonds. The molecular formula is C24H28F6N4O2. The van der Waals surface area contributed by atoms with Crippen molar-refractivity contribution in [3.63, 3.8) is 0 Å². The zero-order valence-corrected chi connectivity index (χ0v) is 19.6. The molecule has 4 rings (SSSR count). The average Bonchev–Trinajstić information content (AvgIpc) is 3.37. The first-order valence-electron chi connectivity index (χ1n) is 12.0. The number of aromatic nitrogens is 2. The second-order valence-electron chi connectivity index (χ2n) is 9.84. The summed E-state index contributed by atoms with van der Waals surface area (Å²) in [6.45, 7) is 1.64. The van der Waals surface area contributed by atoms with Gasteiger partial charge in [0.15, 0.2) is 0 Å². The fraction of sp³-hybridized carbons (Fsp3) is 0.625. The van der Waals surface area contributed by atoms with Crippen molar-refractivity contribution in [1.82, 2.24) is 20.6 Å². The molecule has 2 aliphatic rings. The molecule has 4 atom stereocenters. The number of H-pyrrole nitrogens is 1. The summed E-state index contributed by atoms with van der Waals surface area (Å²) in [6.07, 6.45) is -7.65. The van der Waals surface area contributed by atoms with E-state index in [0.717, 1.165) is 0 Å². The van der Waals surface area contributed by atoms with E-state index in [1.165, 1.54) is 0 Å². The van der Waals surface area contributed by atoms with Crippen LogP contribution in [0.25, 0.3) is 11.0 Å². The van der Waals surface area contributed by atoms with Crippen LogP contribution in [0.2, 0.25) is 0 Å². The summed E-state index contributed by atoms with van der Waals surface area (Å²) in [6, 6.07) is 3.75. The normalized spacial score (nSPS) is 23.8. The van der Waals surface area contributed by atoms with Crippen LogP contribution < -0.4 is 10.6 Å². The Balaban J connectivity index is 1.51. The molecule has 1 heterocycles. The predicted molar refractivity (Wildman–Crippen MR) is 119 cm³/mol. The molecule has 0 spiro atoms. The smallest absolute Gasteiger partial charge is 0.350 e. The highest BCUT2D eigenvalue weighted by atomic mass is 19.4. The van der Waals surface area contributed by atoms with Crippen LogP contribution in [-0.4, -0.2) is 40.1 Å². The third-order valence-electron chi connectivity index (χ3n) is 6.91. The predicted octanol–water partition coefficient (Wildman–Crippen LogP) is 5.42. The highest BCUT2D eigenvalue weighted by Crippen LogP contribution is 2.42. The van der Waals surface area contributed by atoms with Crippen LogP contribution >= 0.6 is 0 Å². The SMILES string of the molecule is C[C@@H](NC(=O)CCC(F)(F)F)c1ccc2nc([C@@H](NC(=O)[C@@H]3C[C@H]3F)C3CCC(F)(F)CC3)[nH]c2c1. The summed E-state index contributed by atoms with van der Waals surface area (Å²) in [4.78, 5) is 32.0. The van der Waals surface area contributed by atoms with Gasteiger partial charge < -0.3 is 15.6 Å². The Morgan fingerprint density at radius 1 is 1.19 bits per heavy atom. The molecule has 0 bridgehead atoms. The molecule has 2 saturated carbocycles. The van der Waals surface area contributed by atoms with Gasteiger partial charge in [0.1, 0.15) is 12.0 Å². The number of carbonyl (C=O) groups is 2. The third-order valence-corrected chi connectivity index (χ3v) is 6.91. The summed E-state index contributed by atoms with van der Waals surface area (Å²) in [7, 11) is 0. The van der Waals surface area contributed by atoms with E-state index in [1.54, 1.807) is 25.1 Å². The summed E-state index contributed by atoms with van der Waals surface area (Å²) in [5.74, 6) is -4.64. The van der Waals surface area contributed by atoms with Crippen molar-refractivity contribution in [2.75, 3.05) is 0 Å². The molecule has 0 unspecified atom stereocenters. The Kier molecular flexibility index (Phi) is 7.25. The number of nitrogens with zero attached hydrogens (tertiary/aromatic N) is 1. The largest absolute Gasteiger partial charge is 0.389 e. The first-order chi connectivity index (χ1) is 16.8. The number of fused-ring (bicyclic) bond motifs is 1. The lowest BCUT2D eigenvalue weighted by molar-refractivity contribution is -0.144. The molecule has 0 saturated heterocycles. The number of halogens is 6. The third kappa shape index (κ3) is 6.50. The number of amides is 2. The zero-order chi connectivity index (χ0) is 26.3. The van der Waals surface area contributed by atoms with Crippen molar-refractivity contribution in [2.24, 2.45) is 11.8 Å². The topological polar surface area (TPSA) is 86.9 Å². The van der Waals surface area contributed by atoms with E-state index < -0.39 is 60.9 Å². The lowest BCUT2D eigenvalue weighted by Crippen LogP contribution is -2.38. The molecule has 3 N–H and O–H groups in total.